The van der Waals surface area contributed by atoms with Crippen LogP contribution >= 0.6 is 0 Å². The van der Waals surface area contributed by atoms with Crippen LogP contribution in [0.3, 0.4) is 0 Å². The van der Waals surface area contributed by atoms with E-state index in [0.29, 0.717) is 5.52 Å². The minimum absolute atomic E-state index is 0.106. The van der Waals surface area contributed by atoms with Crippen molar-refractivity contribution in [2.45, 2.75) is 30.6 Å². The third kappa shape index (κ3) is 2.60. The van der Waals surface area contributed by atoms with E-state index in [-0.39, 0.29) is 10.8 Å². The maximum Gasteiger partial charge on any atom is 0.264 e. The van der Waals surface area contributed by atoms with Gasteiger partial charge in [-0.1, -0.05) is 5.21 Å². The van der Waals surface area contributed by atoms with Crippen molar-refractivity contribution < 1.29 is 8.42 Å². The molecule has 1 N–H and O–H groups in total. The molecule has 0 radical (unpaired) electrons. The number of anilines is 1. The Labute approximate surface area is 139 Å². The van der Waals surface area contributed by atoms with Crippen molar-refractivity contribution in [2.75, 3.05) is 4.72 Å². The zero-order valence-corrected chi connectivity index (χ0v) is 13.9. The lowest BCUT2D eigenvalue weighted by atomic mass is 9.98. The summed E-state index contributed by atoms with van der Waals surface area (Å²) in [6.07, 6.45) is 5.72. The number of aryl methyl sites for hydroxylation is 3. The van der Waals surface area contributed by atoms with Crippen LogP contribution in [0.15, 0.2) is 29.3 Å². The molecule has 1 aliphatic carbocycles. The van der Waals surface area contributed by atoms with Gasteiger partial charge in [-0.3, -0.25) is 0 Å². The van der Waals surface area contributed by atoms with Crippen LogP contribution in [0.4, 0.5) is 5.95 Å². The number of rotatable bonds is 3. The van der Waals surface area contributed by atoms with Crippen molar-refractivity contribution in [3.63, 3.8) is 0 Å². The van der Waals surface area contributed by atoms with E-state index in [9.17, 15) is 8.42 Å². The first kappa shape index (κ1) is 15.0. The summed E-state index contributed by atoms with van der Waals surface area (Å²) < 4.78 is 29.2. The highest BCUT2D eigenvalue weighted by molar-refractivity contribution is 7.92. The Balaban J connectivity index is 1.66. The van der Waals surface area contributed by atoms with Crippen molar-refractivity contribution in [2.24, 2.45) is 7.05 Å². The second-order valence-corrected chi connectivity index (χ2v) is 7.52. The van der Waals surface area contributed by atoms with E-state index in [4.69, 9.17) is 0 Å². The third-order valence-electron chi connectivity index (χ3n) is 4.18. The topological polar surface area (TPSA) is 103 Å². The van der Waals surface area contributed by atoms with E-state index in [1.165, 1.54) is 12.1 Å². The molecule has 0 spiro atoms. The Hall–Kier alpha value is -2.55. The van der Waals surface area contributed by atoms with Gasteiger partial charge in [0.1, 0.15) is 5.52 Å². The first-order chi connectivity index (χ1) is 11.5. The first-order valence-electron chi connectivity index (χ1n) is 7.70. The van der Waals surface area contributed by atoms with Crippen LogP contribution in [0.1, 0.15) is 24.1 Å². The minimum atomic E-state index is -3.77. The largest absolute Gasteiger partial charge is 0.264 e. The van der Waals surface area contributed by atoms with Crippen LogP contribution in [0.25, 0.3) is 11.0 Å². The molecule has 1 aliphatic rings. The zero-order valence-electron chi connectivity index (χ0n) is 13.1. The molecule has 8 nitrogen and oxygen atoms in total. The number of benzene rings is 1. The molecule has 9 heteroatoms. The number of sulfonamides is 1. The van der Waals surface area contributed by atoms with E-state index >= 15 is 0 Å². The average molecular weight is 344 g/mol. The van der Waals surface area contributed by atoms with Crippen molar-refractivity contribution in [1.29, 1.82) is 0 Å². The maximum absolute atomic E-state index is 12.6. The quantitative estimate of drug-likeness (QED) is 0.771. The van der Waals surface area contributed by atoms with Gasteiger partial charge in [0.2, 0.25) is 5.95 Å². The Morgan fingerprint density at radius 2 is 2.04 bits per heavy atom. The molecule has 0 amide bonds. The fraction of sp³-hybridized carbons (Fsp3) is 0.333. The number of hydrogen-bond acceptors (Lipinski definition) is 6. The molecule has 24 heavy (non-hydrogen) atoms. The zero-order chi connectivity index (χ0) is 16.7. The molecule has 0 unspecified atom stereocenters. The molecule has 2 heterocycles. The summed E-state index contributed by atoms with van der Waals surface area (Å²) in [7, 11) is -2.02. The average Bonchev–Trinajstić information content (AvgIpc) is 2.95. The van der Waals surface area contributed by atoms with E-state index in [0.717, 1.165) is 42.5 Å². The molecule has 0 bridgehead atoms. The van der Waals surface area contributed by atoms with E-state index in [1.807, 2.05) is 0 Å². The number of hydrogen-bond donors (Lipinski definition) is 1. The van der Waals surface area contributed by atoms with Crippen LogP contribution in [-0.2, 0) is 29.9 Å². The molecule has 0 aliphatic heterocycles. The molecular formula is C15H16N6O2S. The van der Waals surface area contributed by atoms with Gasteiger partial charge >= 0.3 is 0 Å². The number of aromatic nitrogens is 5. The van der Waals surface area contributed by atoms with Gasteiger partial charge in [0.05, 0.1) is 10.4 Å². The van der Waals surface area contributed by atoms with Crippen LogP contribution in [0, 0.1) is 0 Å². The monoisotopic (exact) mass is 344 g/mol. The van der Waals surface area contributed by atoms with Gasteiger partial charge in [0, 0.05) is 18.9 Å². The van der Waals surface area contributed by atoms with Crippen LogP contribution in [0.2, 0.25) is 0 Å². The highest BCUT2D eigenvalue weighted by atomic mass is 32.2. The third-order valence-corrected chi connectivity index (χ3v) is 5.51. The lowest BCUT2D eigenvalue weighted by Gasteiger charge is -2.15. The SMILES string of the molecule is Cn1nnc2cc(S(=O)(=O)Nc3ncc4c(n3)CCCC4)ccc21. The van der Waals surface area contributed by atoms with Gasteiger partial charge < -0.3 is 0 Å². The van der Waals surface area contributed by atoms with Crippen LogP contribution in [0.5, 0.6) is 0 Å². The number of nitrogens with zero attached hydrogens (tertiary/aromatic N) is 5. The smallest absolute Gasteiger partial charge is 0.248 e. The first-order valence-corrected chi connectivity index (χ1v) is 9.18. The van der Waals surface area contributed by atoms with Crippen LogP contribution in [-0.4, -0.2) is 33.4 Å². The molecule has 4 rings (SSSR count). The van der Waals surface area contributed by atoms with Gasteiger partial charge in [0.15, 0.2) is 0 Å². The summed E-state index contributed by atoms with van der Waals surface area (Å²) in [6, 6.07) is 4.69. The fourth-order valence-electron chi connectivity index (χ4n) is 2.89. The van der Waals surface area contributed by atoms with Gasteiger partial charge in [0.25, 0.3) is 10.0 Å². The summed E-state index contributed by atoms with van der Waals surface area (Å²) in [6.45, 7) is 0. The van der Waals surface area contributed by atoms with Gasteiger partial charge in [-0.15, -0.1) is 5.10 Å². The molecule has 2 aromatic heterocycles. The second kappa shape index (κ2) is 5.52. The number of fused-ring (bicyclic) bond motifs is 2. The van der Waals surface area contributed by atoms with E-state index < -0.39 is 10.0 Å². The van der Waals surface area contributed by atoms with Gasteiger partial charge in [-0.05, 0) is 49.4 Å². The Bertz CT molecular complexity index is 1030. The van der Waals surface area contributed by atoms with Crippen molar-refractivity contribution in [3.8, 4) is 0 Å². The molecule has 0 saturated heterocycles. The fourth-order valence-corrected chi connectivity index (χ4v) is 3.86. The van der Waals surface area contributed by atoms with Crippen molar-refractivity contribution in [1.82, 2.24) is 25.0 Å². The second-order valence-electron chi connectivity index (χ2n) is 5.84. The lowest BCUT2D eigenvalue weighted by Crippen LogP contribution is -2.17. The normalized spacial score (nSPS) is 14.5. The molecule has 0 saturated carbocycles. The summed E-state index contributed by atoms with van der Waals surface area (Å²) >= 11 is 0. The molecule has 3 aromatic rings. The summed E-state index contributed by atoms with van der Waals surface area (Å²) in [5.41, 5.74) is 3.31. The molecule has 0 fully saturated rings. The standard InChI is InChI=1S/C15H16N6O2S/c1-21-14-7-6-11(8-13(14)18-20-21)24(22,23)19-15-16-9-10-4-2-3-5-12(10)17-15/h6-9H,2-5H2,1H3,(H,16,17,19). The Morgan fingerprint density at radius 3 is 2.92 bits per heavy atom. The van der Waals surface area contributed by atoms with Crippen molar-refractivity contribution >= 4 is 27.0 Å². The van der Waals surface area contributed by atoms with Gasteiger partial charge in [-0.25, -0.2) is 27.8 Å². The highest BCUT2D eigenvalue weighted by Gasteiger charge is 2.19. The van der Waals surface area contributed by atoms with Crippen LogP contribution < -0.4 is 4.72 Å². The van der Waals surface area contributed by atoms with Crippen molar-refractivity contribution in [3.05, 3.63) is 35.7 Å². The summed E-state index contributed by atoms with van der Waals surface area (Å²) in [4.78, 5) is 8.60. The molecular weight excluding hydrogens is 328 g/mol. The Morgan fingerprint density at radius 1 is 1.21 bits per heavy atom. The van der Waals surface area contributed by atoms with E-state index in [2.05, 4.69) is 25.0 Å². The van der Waals surface area contributed by atoms with E-state index in [1.54, 1.807) is 24.0 Å². The molecule has 0 atom stereocenters. The predicted octanol–water partition coefficient (Wildman–Crippen LogP) is 1.44. The van der Waals surface area contributed by atoms with Gasteiger partial charge in [-0.2, -0.15) is 0 Å². The Kier molecular flexibility index (Phi) is 3.45. The summed E-state index contributed by atoms with van der Waals surface area (Å²) in [5, 5.41) is 7.82. The maximum atomic E-state index is 12.6. The number of nitrogens with one attached hydrogen (secondary N) is 1. The predicted molar refractivity (Wildman–Crippen MR) is 88.0 cm³/mol. The summed E-state index contributed by atoms with van der Waals surface area (Å²) in [5.74, 6) is 0.106. The highest BCUT2D eigenvalue weighted by Crippen LogP contribution is 2.22. The lowest BCUT2D eigenvalue weighted by molar-refractivity contribution is 0.600. The molecule has 1 aromatic carbocycles. The molecule has 124 valence electrons. The minimum Gasteiger partial charge on any atom is -0.248 e.